The van der Waals surface area contributed by atoms with Crippen molar-refractivity contribution in [1.82, 2.24) is 18.9 Å². The summed E-state index contributed by atoms with van der Waals surface area (Å²) in [6, 6.07) is 15.0. The van der Waals surface area contributed by atoms with Crippen LogP contribution in [-0.4, -0.2) is 37.1 Å². The van der Waals surface area contributed by atoms with E-state index < -0.39 is 11.2 Å². The van der Waals surface area contributed by atoms with Crippen molar-refractivity contribution in [3.63, 3.8) is 0 Å². The van der Waals surface area contributed by atoms with Crippen LogP contribution in [0.3, 0.4) is 0 Å². The number of nitrogens with one attached hydrogen (secondary N) is 1. The summed E-state index contributed by atoms with van der Waals surface area (Å²) < 4.78 is 3.17. The van der Waals surface area contributed by atoms with Crippen LogP contribution in [0, 0.1) is 0 Å². The average molecular weight is 465 g/mol. The van der Waals surface area contributed by atoms with Gasteiger partial charge in [-0.05, 0) is 24.1 Å². The predicted molar refractivity (Wildman–Crippen MR) is 130 cm³/mol. The molecular weight excluding hydrogens is 440 g/mol. The summed E-state index contributed by atoms with van der Waals surface area (Å²) in [7, 11) is 0. The minimum atomic E-state index is -0.681. The average Bonchev–Trinajstić information content (AvgIpc) is 3.23. The summed E-state index contributed by atoms with van der Waals surface area (Å²) in [6.07, 6.45) is 4.22. The number of carbonyl (C=O) groups is 1. The number of thioether (sulfide) groups is 1. The number of rotatable bonds is 8. The van der Waals surface area contributed by atoms with E-state index in [-0.39, 0.29) is 29.7 Å². The molecule has 0 saturated carbocycles. The van der Waals surface area contributed by atoms with E-state index in [0.29, 0.717) is 18.1 Å². The molecule has 4 aromatic rings. The molecule has 0 fully saturated rings. The molecule has 0 aliphatic rings. The van der Waals surface area contributed by atoms with Gasteiger partial charge in [-0.25, -0.2) is 9.78 Å². The number of anilines is 2. The lowest BCUT2D eigenvalue weighted by Crippen LogP contribution is -2.42. The van der Waals surface area contributed by atoms with Crippen molar-refractivity contribution in [3.8, 4) is 0 Å². The van der Waals surface area contributed by atoms with Crippen LogP contribution in [0.4, 0.5) is 11.5 Å². The number of nitrogens with two attached hydrogens (primary N) is 1. The molecular formula is C23H24N6O3S. The molecule has 0 radical (unpaired) electrons. The summed E-state index contributed by atoms with van der Waals surface area (Å²) in [5.41, 5.74) is 6.75. The molecule has 9 nitrogen and oxygen atoms in total. The van der Waals surface area contributed by atoms with Crippen LogP contribution in [0.15, 0.2) is 75.7 Å². The van der Waals surface area contributed by atoms with Gasteiger partial charge in [0.2, 0.25) is 5.91 Å². The van der Waals surface area contributed by atoms with Gasteiger partial charge in [0.25, 0.3) is 5.56 Å². The standard InChI is InChI=1S/C23H24N6O3S/c1-2-11-28(18(30)15-33-23-25-13-17-10-6-7-12-27(17)23)19-20(24)29(22(32)26-21(19)31)14-16-8-4-3-5-9-16/h3-10,12-13H,2,11,14-15,24H2,1H3,(H,26,31,32). The smallest absolute Gasteiger partial charge is 0.330 e. The van der Waals surface area contributed by atoms with Crippen molar-refractivity contribution < 1.29 is 4.79 Å². The van der Waals surface area contributed by atoms with Crippen molar-refractivity contribution in [2.75, 3.05) is 22.9 Å². The number of fused-ring (bicyclic) bond motifs is 1. The molecule has 4 rings (SSSR count). The molecule has 0 aliphatic carbocycles. The first-order valence-electron chi connectivity index (χ1n) is 10.5. The monoisotopic (exact) mass is 464 g/mol. The number of nitrogens with zero attached hydrogens (tertiary/aromatic N) is 4. The van der Waals surface area contributed by atoms with Crippen LogP contribution >= 0.6 is 11.8 Å². The maximum absolute atomic E-state index is 13.2. The molecule has 33 heavy (non-hydrogen) atoms. The minimum absolute atomic E-state index is 0.00837. The lowest BCUT2D eigenvalue weighted by molar-refractivity contribution is -0.116. The highest BCUT2D eigenvalue weighted by molar-refractivity contribution is 7.99. The Kier molecular flexibility index (Phi) is 6.64. The van der Waals surface area contributed by atoms with Crippen molar-refractivity contribution in [3.05, 3.63) is 87.3 Å². The third-order valence-corrected chi connectivity index (χ3v) is 6.10. The number of amides is 1. The third kappa shape index (κ3) is 4.70. The van der Waals surface area contributed by atoms with Gasteiger partial charge in [0.05, 0.1) is 24.0 Å². The Hall–Kier alpha value is -3.79. The largest absolute Gasteiger partial charge is 0.383 e. The Morgan fingerprint density at radius 3 is 2.67 bits per heavy atom. The van der Waals surface area contributed by atoms with Crippen LogP contribution in [0.2, 0.25) is 0 Å². The first-order chi connectivity index (χ1) is 16.0. The van der Waals surface area contributed by atoms with Gasteiger partial charge < -0.3 is 10.6 Å². The quantitative estimate of drug-likeness (QED) is 0.387. The van der Waals surface area contributed by atoms with Crippen LogP contribution < -0.4 is 21.9 Å². The fourth-order valence-electron chi connectivity index (χ4n) is 3.58. The van der Waals surface area contributed by atoms with Gasteiger partial charge in [0.1, 0.15) is 5.82 Å². The van der Waals surface area contributed by atoms with Crippen LogP contribution in [0.5, 0.6) is 0 Å². The minimum Gasteiger partial charge on any atom is -0.383 e. The highest BCUT2D eigenvalue weighted by Gasteiger charge is 2.24. The number of aromatic nitrogens is 4. The van der Waals surface area contributed by atoms with E-state index in [4.69, 9.17) is 5.73 Å². The molecule has 0 unspecified atom stereocenters. The highest BCUT2D eigenvalue weighted by atomic mass is 32.2. The van der Waals surface area contributed by atoms with E-state index in [1.165, 1.54) is 21.2 Å². The van der Waals surface area contributed by atoms with Gasteiger partial charge >= 0.3 is 5.69 Å². The van der Waals surface area contributed by atoms with E-state index in [2.05, 4.69) is 9.97 Å². The summed E-state index contributed by atoms with van der Waals surface area (Å²) in [6.45, 7) is 2.37. The van der Waals surface area contributed by atoms with Gasteiger partial charge in [-0.1, -0.05) is 55.1 Å². The van der Waals surface area contributed by atoms with Gasteiger partial charge in [0, 0.05) is 12.7 Å². The molecule has 3 aromatic heterocycles. The Morgan fingerprint density at radius 1 is 1.15 bits per heavy atom. The van der Waals surface area contributed by atoms with E-state index >= 15 is 0 Å². The normalized spacial score (nSPS) is 11.1. The fourth-order valence-corrected chi connectivity index (χ4v) is 4.42. The zero-order valence-corrected chi connectivity index (χ0v) is 18.9. The molecule has 1 aromatic carbocycles. The van der Waals surface area contributed by atoms with E-state index in [1.54, 1.807) is 6.20 Å². The zero-order valence-electron chi connectivity index (χ0n) is 18.1. The predicted octanol–water partition coefficient (Wildman–Crippen LogP) is 2.35. The van der Waals surface area contributed by atoms with Crippen LogP contribution in [-0.2, 0) is 11.3 Å². The fraction of sp³-hybridized carbons (Fsp3) is 0.217. The Morgan fingerprint density at radius 2 is 1.91 bits per heavy atom. The summed E-state index contributed by atoms with van der Waals surface area (Å²) in [5, 5.41) is 0.673. The summed E-state index contributed by atoms with van der Waals surface area (Å²) >= 11 is 1.27. The molecule has 170 valence electrons. The zero-order chi connectivity index (χ0) is 23.4. The Bertz CT molecular complexity index is 1390. The number of hydrogen-bond donors (Lipinski definition) is 2. The van der Waals surface area contributed by atoms with Crippen LogP contribution in [0.25, 0.3) is 5.52 Å². The Labute approximate surface area is 193 Å². The second-order valence-corrected chi connectivity index (χ2v) is 8.38. The van der Waals surface area contributed by atoms with Crippen LogP contribution in [0.1, 0.15) is 18.9 Å². The van der Waals surface area contributed by atoms with Gasteiger partial charge in [-0.15, -0.1) is 0 Å². The highest BCUT2D eigenvalue weighted by Crippen LogP contribution is 2.22. The number of imidazole rings is 1. The van der Waals surface area contributed by atoms with Crippen molar-refractivity contribution in [2.24, 2.45) is 0 Å². The number of carbonyl (C=O) groups excluding carboxylic acids is 1. The lowest BCUT2D eigenvalue weighted by Gasteiger charge is -2.24. The number of benzene rings is 1. The molecule has 3 N–H and O–H groups in total. The molecule has 0 spiro atoms. The second-order valence-electron chi connectivity index (χ2n) is 7.44. The molecule has 0 atom stereocenters. The molecule has 0 saturated heterocycles. The summed E-state index contributed by atoms with van der Waals surface area (Å²) in [4.78, 5) is 46.4. The first kappa shape index (κ1) is 22.4. The third-order valence-electron chi connectivity index (χ3n) is 5.15. The van der Waals surface area contributed by atoms with E-state index in [9.17, 15) is 14.4 Å². The number of H-pyrrole nitrogens is 1. The van der Waals surface area contributed by atoms with Crippen molar-refractivity contribution >= 4 is 34.7 Å². The maximum Gasteiger partial charge on any atom is 0.330 e. The maximum atomic E-state index is 13.2. The topological polar surface area (TPSA) is 118 Å². The summed E-state index contributed by atoms with van der Waals surface area (Å²) in [5.74, 6) is -0.271. The first-order valence-corrected chi connectivity index (χ1v) is 11.5. The lowest BCUT2D eigenvalue weighted by atomic mass is 10.2. The number of aromatic amines is 1. The van der Waals surface area contributed by atoms with Crippen molar-refractivity contribution in [2.45, 2.75) is 25.0 Å². The molecule has 0 bridgehead atoms. The van der Waals surface area contributed by atoms with Gasteiger partial charge in [-0.2, -0.15) is 0 Å². The Balaban J connectivity index is 1.63. The SMILES string of the molecule is CCCN(C(=O)CSc1ncc2ccccn12)c1c(N)n(Cc2ccccc2)c(=O)[nH]c1=O. The molecule has 3 heterocycles. The number of hydrogen-bond acceptors (Lipinski definition) is 6. The second kappa shape index (κ2) is 9.78. The number of pyridine rings is 1. The van der Waals surface area contributed by atoms with Gasteiger partial charge in [0.15, 0.2) is 10.8 Å². The van der Waals surface area contributed by atoms with Crippen molar-refractivity contribution in [1.29, 1.82) is 0 Å². The van der Waals surface area contributed by atoms with E-state index in [1.807, 2.05) is 66.1 Å². The van der Waals surface area contributed by atoms with Gasteiger partial charge in [-0.3, -0.25) is 23.5 Å². The molecule has 1 amide bonds. The van der Waals surface area contributed by atoms with E-state index in [0.717, 1.165) is 11.1 Å². The molecule has 10 heteroatoms. The molecule has 0 aliphatic heterocycles. The number of nitrogen functional groups attached to an aromatic ring is 1.